The Balaban J connectivity index is 1.14. The molecule has 10 nitrogen and oxygen atoms in total. The van der Waals surface area contributed by atoms with Gasteiger partial charge in [0, 0.05) is 17.3 Å². The molecule has 0 radical (unpaired) electrons. The van der Waals surface area contributed by atoms with Crippen molar-refractivity contribution in [3.8, 4) is 17.2 Å². The summed E-state index contributed by atoms with van der Waals surface area (Å²) in [4.78, 5) is 46.7. The largest absolute Gasteiger partial charge is 0.454 e. The van der Waals surface area contributed by atoms with Crippen molar-refractivity contribution in [1.29, 1.82) is 0 Å². The van der Waals surface area contributed by atoms with Gasteiger partial charge in [0.05, 0.1) is 18.6 Å². The van der Waals surface area contributed by atoms with Crippen LogP contribution in [0.25, 0.3) is 11.3 Å². The zero-order chi connectivity index (χ0) is 26.9. The number of nitrogens with zero attached hydrogens (tertiary/aromatic N) is 4. The molecule has 1 aromatic carbocycles. The highest BCUT2D eigenvalue weighted by molar-refractivity contribution is 6.03. The average molecular weight is 521 g/mol. The molecule has 0 saturated heterocycles. The lowest BCUT2D eigenvalue weighted by molar-refractivity contribution is -0.117. The summed E-state index contributed by atoms with van der Waals surface area (Å²) in [5, 5.41) is 5.51. The van der Waals surface area contributed by atoms with Crippen LogP contribution in [0.1, 0.15) is 28.9 Å². The summed E-state index contributed by atoms with van der Waals surface area (Å²) in [7, 11) is 0. The number of amides is 2. The molecule has 1 aliphatic carbocycles. The molecule has 39 heavy (non-hydrogen) atoms. The standard InChI is InChI=1S/C29H24N6O4/c1-18-7-12-23(29(38)35(18)20-5-3-2-4-6-20)28(37)32-24-13-10-21(15-30-24)39-22-11-14-26-31-25(17-34(26)16-22)33-27(36)19-8-9-19/h2-7,10-17,19H,8-9H2,1H3,(H,33,36)(H,30,32,37). The van der Waals surface area contributed by atoms with Crippen LogP contribution in [0, 0.1) is 12.8 Å². The van der Waals surface area contributed by atoms with E-state index in [1.165, 1.54) is 16.8 Å². The molecule has 2 N–H and O–H groups in total. The molecule has 4 aromatic heterocycles. The predicted octanol–water partition coefficient (Wildman–Crippen LogP) is 4.58. The summed E-state index contributed by atoms with van der Waals surface area (Å²) in [5.74, 6) is 1.31. The van der Waals surface area contributed by atoms with Crippen LogP contribution in [0.2, 0.25) is 0 Å². The van der Waals surface area contributed by atoms with Gasteiger partial charge < -0.3 is 19.8 Å². The minimum atomic E-state index is -0.555. The Bertz CT molecular complexity index is 1750. The number of aromatic nitrogens is 4. The number of aryl methyl sites for hydroxylation is 1. The Labute approximate surface area is 222 Å². The van der Waals surface area contributed by atoms with E-state index >= 15 is 0 Å². The molecule has 6 rings (SSSR count). The highest BCUT2D eigenvalue weighted by atomic mass is 16.5. The number of pyridine rings is 3. The molecule has 4 heterocycles. The highest BCUT2D eigenvalue weighted by Crippen LogP contribution is 2.30. The van der Waals surface area contributed by atoms with Gasteiger partial charge in [0.15, 0.2) is 5.82 Å². The molecule has 0 unspecified atom stereocenters. The Morgan fingerprint density at radius 3 is 2.44 bits per heavy atom. The summed E-state index contributed by atoms with van der Waals surface area (Å²) < 4.78 is 9.17. The first-order valence-corrected chi connectivity index (χ1v) is 12.5. The van der Waals surface area contributed by atoms with Gasteiger partial charge in [-0.25, -0.2) is 9.97 Å². The second-order valence-electron chi connectivity index (χ2n) is 9.32. The smallest absolute Gasteiger partial charge is 0.268 e. The Kier molecular flexibility index (Phi) is 6.12. The minimum absolute atomic E-state index is 0.00243. The molecule has 0 atom stereocenters. The van der Waals surface area contributed by atoms with Crippen LogP contribution >= 0.6 is 0 Å². The van der Waals surface area contributed by atoms with Crippen LogP contribution in [-0.2, 0) is 4.79 Å². The third kappa shape index (κ3) is 5.12. The maximum Gasteiger partial charge on any atom is 0.268 e. The molecule has 1 fully saturated rings. The molecule has 0 spiro atoms. The van der Waals surface area contributed by atoms with Crippen molar-refractivity contribution in [2.75, 3.05) is 10.6 Å². The third-order valence-corrected chi connectivity index (χ3v) is 6.37. The number of carbonyl (C=O) groups is 2. The molecule has 2 amide bonds. The normalized spacial score (nSPS) is 12.7. The second-order valence-corrected chi connectivity index (χ2v) is 9.32. The van der Waals surface area contributed by atoms with Crippen LogP contribution in [0.15, 0.2) is 90.1 Å². The lowest BCUT2D eigenvalue weighted by Crippen LogP contribution is -2.29. The topological polar surface area (TPSA) is 120 Å². The first-order valence-electron chi connectivity index (χ1n) is 12.5. The predicted molar refractivity (Wildman–Crippen MR) is 146 cm³/mol. The number of hydrogen-bond acceptors (Lipinski definition) is 6. The lowest BCUT2D eigenvalue weighted by atomic mass is 10.2. The summed E-state index contributed by atoms with van der Waals surface area (Å²) in [6.07, 6.45) is 6.81. The van der Waals surface area contributed by atoms with Crippen molar-refractivity contribution < 1.29 is 14.3 Å². The molecule has 5 aromatic rings. The number of anilines is 2. The molecule has 10 heteroatoms. The van der Waals surface area contributed by atoms with Gasteiger partial charge >= 0.3 is 0 Å². The summed E-state index contributed by atoms with van der Waals surface area (Å²) >= 11 is 0. The van der Waals surface area contributed by atoms with Crippen LogP contribution in [-0.4, -0.2) is 30.8 Å². The molecule has 194 valence electrons. The number of ether oxygens (including phenoxy) is 1. The van der Waals surface area contributed by atoms with E-state index < -0.39 is 11.5 Å². The lowest BCUT2D eigenvalue weighted by Gasteiger charge is -2.12. The van der Waals surface area contributed by atoms with Crippen molar-refractivity contribution in [3.05, 3.63) is 107 Å². The van der Waals surface area contributed by atoms with Crippen molar-refractivity contribution in [2.24, 2.45) is 5.92 Å². The van der Waals surface area contributed by atoms with Gasteiger partial charge in [-0.1, -0.05) is 18.2 Å². The zero-order valence-corrected chi connectivity index (χ0v) is 21.0. The van der Waals surface area contributed by atoms with Crippen LogP contribution < -0.4 is 20.9 Å². The van der Waals surface area contributed by atoms with Crippen LogP contribution in [0.4, 0.5) is 11.6 Å². The highest BCUT2D eigenvalue weighted by Gasteiger charge is 2.30. The van der Waals surface area contributed by atoms with Crippen LogP contribution in [0.5, 0.6) is 11.5 Å². The van der Waals surface area contributed by atoms with Crippen molar-refractivity contribution >= 4 is 29.1 Å². The van der Waals surface area contributed by atoms with E-state index in [1.807, 2.05) is 37.3 Å². The third-order valence-electron chi connectivity index (χ3n) is 6.37. The van der Waals surface area contributed by atoms with Gasteiger partial charge in [0.2, 0.25) is 5.91 Å². The number of imidazole rings is 1. The molecule has 1 saturated carbocycles. The van der Waals surface area contributed by atoms with E-state index in [0.29, 0.717) is 28.7 Å². The van der Waals surface area contributed by atoms with Gasteiger partial charge in [-0.3, -0.25) is 19.0 Å². The monoisotopic (exact) mass is 520 g/mol. The summed E-state index contributed by atoms with van der Waals surface area (Å²) in [6, 6.07) is 19.2. The molecule has 0 aliphatic heterocycles. The zero-order valence-electron chi connectivity index (χ0n) is 21.0. The Morgan fingerprint density at radius 1 is 0.897 bits per heavy atom. The SMILES string of the molecule is Cc1ccc(C(=O)Nc2ccc(Oc3ccc4nc(NC(=O)C5CC5)cn4c3)cn2)c(=O)n1-c1ccccc1. The summed E-state index contributed by atoms with van der Waals surface area (Å²) in [6.45, 7) is 1.81. The van der Waals surface area contributed by atoms with Gasteiger partial charge in [-0.15, -0.1) is 0 Å². The quantitative estimate of drug-likeness (QED) is 0.324. The van der Waals surface area contributed by atoms with Crippen molar-refractivity contribution in [2.45, 2.75) is 19.8 Å². The minimum Gasteiger partial charge on any atom is -0.454 e. The maximum atomic E-state index is 13.1. The fourth-order valence-corrected chi connectivity index (χ4v) is 4.20. The first kappa shape index (κ1) is 24.1. The number of para-hydroxylation sites is 1. The van der Waals surface area contributed by atoms with E-state index in [-0.39, 0.29) is 23.2 Å². The molecule has 0 bridgehead atoms. The molecular weight excluding hydrogens is 496 g/mol. The fourth-order valence-electron chi connectivity index (χ4n) is 4.20. The summed E-state index contributed by atoms with van der Waals surface area (Å²) in [5.41, 5.74) is 1.67. The number of hydrogen-bond donors (Lipinski definition) is 2. The van der Waals surface area contributed by atoms with E-state index in [9.17, 15) is 14.4 Å². The maximum absolute atomic E-state index is 13.1. The molecule has 1 aliphatic rings. The van der Waals surface area contributed by atoms with Gasteiger partial charge in [0.1, 0.15) is 28.5 Å². The number of rotatable bonds is 7. The first-order chi connectivity index (χ1) is 18.9. The second kappa shape index (κ2) is 9.90. The van der Waals surface area contributed by atoms with Gasteiger partial charge in [-0.2, -0.15) is 0 Å². The van der Waals surface area contributed by atoms with Crippen molar-refractivity contribution in [1.82, 2.24) is 18.9 Å². The number of nitrogens with one attached hydrogen (secondary N) is 2. The van der Waals surface area contributed by atoms with E-state index in [0.717, 1.165) is 18.5 Å². The molecular formula is C29H24N6O4. The Morgan fingerprint density at radius 2 is 1.69 bits per heavy atom. The number of fused-ring (bicyclic) bond motifs is 1. The fraction of sp³-hybridized carbons (Fsp3) is 0.138. The van der Waals surface area contributed by atoms with E-state index in [2.05, 4.69) is 20.6 Å². The van der Waals surface area contributed by atoms with E-state index in [4.69, 9.17) is 4.74 Å². The van der Waals surface area contributed by atoms with Crippen molar-refractivity contribution in [3.63, 3.8) is 0 Å². The Hall–Kier alpha value is -5.25. The van der Waals surface area contributed by atoms with Crippen LogP contribution in [0.3, 0.4) is 0 Å². The average Bonchev–Trinajstić information content (AvgIpc) is 3.71. The van der Waals surface area contributed by atoms with E-state index in [1.54, 1.807) is 47.1 Å². The number of carbonyl (C=O) groups excluding carboxylic acids is 2. The van der Waals surface area contributed by atoms with Gasteiger partial charge in [0.25, 0.3) is 11.5 Å². The number of benzene rings is 1. The van der Waals surface area contributed by atoms with Gasteiger partial charge in [-0.05, 0) is 68.3 Å².